The first kappa shape index (κ1) is 23.9. The molecule has 1 amide bonds. The maximum Gasteiger partial charge on any atom is 0.418 e. The monoisotopic (exact) mass is 515 g/mol. The zero-order chi connectivity index (χ0) is 25.8. The van der Waals surface area contributed by atoms with Crippen LogP contribution in [0.1, 0.15) is 32.7 Å². The van der Waals surface area contributed by atoms with Gasteiger partial charge in [0.1, 0.15) is 18.0 Å². The van der Waals surface area contributed by atoms with Gasteiger partial charge in [0, 0.05) is 24.1 Å². The Morgan fingerprint density at radius 3 is 2.50 bits per heavy atom. The smallest absolute Gasteiger partial charge is 0.317 e. The summed E-state index contributed by atoms with van der Waals surface area (Å²) >= 11 is 5.81. The van der Waals surface area contributed by atoms with Crippen molar-refractivity contribution in [3.05, 3.63) is 82.6 Å². The fourth-order valence-electron chi connectivity index (χ4n) is 4.49. The molecule has 3 heterocycles. The summed E-state index contributed by atoms with van der Waals surface area (Å²) in [5.41, 5.74) is 1.60. The number of aromatic nitrogens is 4. The van der Waals surface area contributed by atoms with E-state index in [-0.39, 0.29) is 29.5 Å². The number of fused-ring (bicyclic) bond motifs is 1. The van der Waals surface area contributed by atoms with Crippen LogP contribution in [0.5, 0.6) is 0 Å². The van der Waals surface area contributed by atoms with Crippen LogP contribution in [0.2, 0.25) is 0 Å². The van der Waals surface area contributed by atoms with E-state index in [4.69, 9.17) is 11.6 Å². The molecule has 4 aromatic rings. The molecule has 0 saturated carbocycles. The number of hydrogen-bond donors (Lipinski definition) is 0. The highest BCUT2D eigenvalue weighted by Crippen LogP contribution is 2.39. The number of nitrogens with zero attached hydrogens (tertiary/aromatic N) is 5. The predicted octanol–water partition coefficient (Wildman–Crippen LogP) is 5.91. The lowest BCUT2D eigenvalue weighted by Crippen LogP contribution is -2.25. The Morgan fingerprint density at radius 2 is 1.83 bits per heavy atom. The van der Waals surface area contributed by atoms with Crippen molar-refractivity contribution in [3.63, 3.8) is 0 Å². The molecule has 0 saturated heterocycles. The van der Waals surface area contributed by atoms with Crippen LogP contribution in [0, 0.1) is 12.7 Å². The quantitative estimate of drug-likeness (QED) is 0.250. The molecule has 0 N–H and O–H groups in total. The number of carbonyl (C=O) groups excluding carboxylic acids is 1. The molecule has 0 aliphatic carbocycles. The summed E-state index contributed by atoms with van der Waals surface area (Å²) in [7, 11) is 1.74. The fourth-order valence-corrected chi connectivity index (χ4v) is 4.70. The first-order chi connectivity index (χ1) is 17.1. The van der Waals surface area contributed by atoms with Gasteiger partial charge in [-0.3, -0.25) is 9.69 Å². The molecular weight excluding hydrogens is 498 g/mol. The summed E-state index contributed by atoms with van der Waals surface area (Å²) in [6.07, 6.45) is -3.11. The van der Waals surface area contributed by atoms with E-state index in [1.807, 2.05) is 0 Å². The third-order valence-corrected chi connectivity index (χ3v) is 6.42. The molecule has 0 radical (unpaired) electrons. The van der Waals surface area contributed by atoms with E-state index in [9.17, 15) is 22.4 Å². The third kappa shape index (κ3) is 4.01. The number of amides is 1. The van der Waals surface area contributed by atoms with Crippen LogP contribution >= 0.6 is 11.6 Å². The van der Waals surface area contributed by atoms with E-state index in [2.05, 4.69) is 15.2 Å². The van der Waals surface area contributed by atoms with Gasteiger partial charge in [-0.1, -0.05) is 18.2 Å². The second-order valence-corrected chi connectivity index (χ2v) is 8.72. The molecule has 0 atom stereocenters. The second kappa shape index (κ2) is 8.70. The minimum atomic E-state index is -4.61. The number of alkyl halides is 4. The van der Waals surface area contributed by atoms with Crippen molar-refractivity contribution in [1.82, 2.24) is 19.7 Å². The zero-order valence-corrected chi connectivity index (χ0v) is 19.8. The van der Waals surface area contributed by atoms with E-state index in [1.54, 1.807) is 35.9 Å². The molecule has 11 heteroatoms. The number of hydrogen-bond acceptors (Lipinski definition) is 4. The van der Waals surface area contributed by atoms with Crippen LogP contribution in [-0.2, 0) is 25.6 Å². The highest BCUT2D eigenvalue weighted by molar-refractivity contribution is 6.17. The standard InChI is InChI=1S/C25H18ClF4N5O/c1-13-22(25(28,29)30)16(10-26)8-21(32-13)35-11-15-4-3-14(7-19(15)24(35)36)18-6-5-17(27)9-20(18)23-33-31-12-34(23)2/h3-9,12H,10-11H2,1-2H3. The maximum absolute atomic E-state index is 14.1. The maximum atomic E-state index is 14.1. The van der Waals surface area contributed by atoms with Gasteiger partial charge in [-0.15, -0.1) is 21.8 Å². The summed E-state index contributed by atoms with van der Waals surface area (Å²) in [5, 5.41) is 7.93. The van der Waals surface area contributed by atoms with Crippen molar-refractivity contribution in [2.24, 2.45) is 7.05 Å². The number of aryl methyl sites for hydroxylation is 2. The molecular formula is C25H18ClF4N5O. The van der Waals surface area contributed by atoms with Gasteiger partial charge in [-0.05, 0) is 53.4 Å². The van der Waals surface area contributed by atoms with Gasteiger partial charge in [0.25, 0.3) is 5.91 Å². The molecule has 5 rings (SSSR count). The number of anilines is 1. The molecule has 0 unspecified atom stereocenters. The van der Waals surface area contributed by atoms with Crippen molar-refractivity contribution in [1.29, 1.82) is 0 Å². The SMILES string of the molecule is Cc1nc(N2Cc3ccc(-c4ccc(F)cc4-c4nncn4C)cc3C2=O)cc(CCl)c1C(F)(F)F. The van der Waals surface area contributed by atoms with Gasteiger partial charge in [-0.25, -0.2) is 9.37 Å². The molecule has 6 nitrogen and oxygen atoms in total. The van der Waals surface area contributed by atoms with Gasteiger partial charge in [0.15, 0.2) is 5.82 Å². The average Bonchev–Trinajstić information content (AvgIpc) is 3.40. The molecule has 184 valence electrons. The van der Waals surface area contributed by atoms with Gasteiger partial charge in [-0.2, -0.15) is 13.2 Å². The van der Waals surface area contributed by atoms with Crippen molar-refractivity contribution >= 4 is 23.3 Å². The van der Waals surface area contributed by atoms with Crippen molar-refractivity contribution in [3.8, 4) is 22.5 Å². The van der Waals surface area contributed by atoms with E-state index < -0.39 is 23.5 Å². The zero-order valence-electron chi connectivity index (χ0n) is 19.1. The highest BCUT2D eigenvalue weighted by atomic mass is 35.5. The molecule has 0 spiro atoms. The van der Waals surface area contributed by atoms with Gasteiger partial charge in [0.2, 0.25) is 0 Å². The largest absolute Gasteiger partial charge is 0.418 e. The van der Waals surface area contributed by atoms with Crippen LogP contribution in [0.15, 0.2) is 48.8 Å². The Labute approximate surface area is 208 Å². The molecule has 2 aromatic heterocycles. The van der Waals surface area contributed by atoms with Crippen LogP contribution < -0.4 is 4.90 Å². The molecule has 36 heavy (non-hydrogen) atoms. The molecule has 1 aliphatic heterocycles. The lowest BCUT2D eigenvalue weighted by atomic mass is 9.96. The first-order valence-corrected chi connectivity index (χ1v) is 11.3. The number of rotatable bonds is 4. The van der Waals surface area contributed by atoms with E-state index in [0.717, 1.165) is 0 Å². The van der Waals surface area contributed by atoms with Gasteiger partial charge >= 0.3 is 6.18 Å². The minimum Gasteiger partial charge on any atom is -0.317 e. The van der Waals surface area contributed by atoms with Crippen molar-refractivity contribution in [2.45, 2.75) is 25.5 Å². The normalized spacial score (nSPS) is 13.4. The minimum absolute atomic E-state index is 0.0976. The van der Waals surface area contributed by atoms with Crippen LogP contribution in [0.3, 0.4) is 0 Å². The number of carbonyl (C=O) groups is 1. The van der Waals surface area contributed by atoms with E-state index in [1.165, 1.54) is 36.4 Å². The van der Waals surface area contributed by atoms with Crippen molar-refractivity contribution < 1.29 is 22.4 Å². The summed E-state index contributed by atoms with van der Waals surface area (Å²) in [4.78, 5) is 18.7. The van der Waals surface area contributed by atoms with Gasteiger partial charge < -0.3 is 4.57 Å². The predicted molar refractivity (Wildman–Crippen MR) is 126 cm³/mol. The average molecular weight is 516 g/mol. The Bertz CT molecular complexity index is 1520. The fraction of sp³-hybridized carbons (Fsp3) is 0.200. The Morgan fingerprint density at radius 1 is 1.06 bits per heavy atom. The van der Waals surface area contributed by atoms with E-state index >= 15 is 0 Å². The Balaban J connectivity index is 1.55. The molecule has 1 aliphatic rings. The highest BCUT2D eigenvalue weighted by Gasteiger charge is 2.37. The first-order valence-electron chi connectivity index (χ1n) is 10.8. The number of halogens is 5. The number of benzene rings is 2. The summed E-state index contributed by atoms with van der Waals surface area (Å²) in [6.45, 7) is 1.39. The molecule has 0 bridgehead atoms. The Kier molecular flexibility index (Phi) is 5.78. The summed E-state index contributed by atoms with van der Waals surface area (Å²) in [6, 6.07) is 10.7. The van der Waals surface area contributed by atoms with Crippen LogP contribution in [-0.4, -0.2) is 25.7 Å². The summed E-state index contributed by atoms with van der Waals surface area (Å²) < 4.78 is 56.2. The van der Waals surface area contributed by atoms with E-state index in [0.29, 0.717) is 33.6 Å². The molecule has 0 fully saturated rings. The summed E-state index contributed by atoms with van der Waals surface area (Å²) in [5.74, 6) is -0.670. The number of pyridine rings is 1. The van der Waals surface area contributed by atoms with Crippen LogP contribution in [0.25, 0.3) is 22.5 Å². The van der Waals surface area contributed by atoms with Crippen molar-refractivity contribution in [2.75, 3.05) is 4.90 Å². The third-order valence-electron chi connectivity index (χ3n) is 6.13. The second-order valence-electron chi connectivity index (χ2n) is 8.45. The van der Waals surface area contributed by atoms with Crippen LogP contribution in [0.4, 0.5) is 23.4 Å². The molecule has 2 aromatic carbocycles. The Hall–Kier alpha value is -3.79. The van der Waals surface area contributed by atoms with Gasteiger partial charge in [0.05, 0.1) is 17.8 Å². The topological polar surface area (TPSA) is 63.9 Å². The lowest BCUT2D eigenvalue weighted by molar-refractivity contribution is -0.138. The lowest BCUT2D eigenvalue weighted by Gasteiger charge is -2.20.